The first-order valence-electron chi connectivity index (χ1n) is 6.15. The third kappa shape index (κ3) is 3.37. The summed E-state index contributed by atoms with van der Waals surface area (Å²) in [4.78, 5) is 0. The molecule has 0 saturated carbocycles. The van der Waals surface area contributed by atoms with E-state index in [1.807, 2.05) is 6.07 Å². The van der Waals surface area contributed by atoms with E-state index in [1.54, 1.807) is 12.1 Å². The zero-order chi connectivity index (χ0) is 13.7. The van der Waals surface area contributed by atoms with E-state index in [2.05, 4.69) is 22.4 Å². The van der Waals surface area contributed by atoms with Gasteiger partial charge >= 0.3 is 6.01 Å². The summed E-state index contributed by atoms with van der Waals surface area (Å²) in [7, 11) is 1.51. The van der Waals surface area contributed by atoms with Gasteiger partial charge in [0.25, 0.3) is 0 Å². The molecule has 0 spiro atoms. The molecular weight excluding hydrogens is 246 g/mol. The van der Waals surface area contributed by atoms with Crippen LogP contribution in [0.4, 0.5) is 6.01 Å². The first-order valence-corrected chi connectivity index (χ1v) is 6.15. The van der Waals surface area contributed by atoms with Gasteiger partial charge in [-0.2, -0.15) is 0 Å². The van der Waals surface area contributed by atoms with E-state index in [1.165, 1.54) is 7.11 Å². The third-order valence-corrected chi connectivity index (χ3v) is 2.62. The van der Waals surface area contributed by atoms with Gasteiger partial charge in [-0.15, -0.1) is 5.10 Å². The van der Waals surface area contributed by atoms with Gasteiger partial charge in [0, 0.05) is 13.0 Å². The van der Waals surface area contributed by atoms with Gasteiger partial charge in [0.2, 0.25) is 5.89 Å². The van der Waals surface area contributed by atoms with Gasteiger partial charge in [0.05, 0.1) is 7.11 Å². The van der Waals surface area contributed by atoms with Crippen LogP contribution in [-0.2, 0) is 13.0 Å². The molecule has 1 aromatic carbocycles. The average Bonchev–Trinajstić information content (AvgIpc) is 2.85. The fourth-order valence-electron chi connectivity index (χ4n) is 1.66. The molecule has 0 radical (unpaired) electrons. The number of rotatable bonds is 6. The van der Waals surface area contributed by atoms with E-state index in [0.29, 0.717) is 24.2 Å². The number of aromatic nitrogens is 2. The molecule has 102 valence electrons. The fraction of sp³-hybridized carbons (Fsp3) is 0.385. The predicted octanol–water partition coefficient (Wildman–Crippen LogP) is 2.35. The second kappa shape index (κ2) is 6.08. The van der Waals surface area contributed by atoms with Crippen LogP contribution in [0.2, 0.25) is 0 Å². The first-order chi connectivity index (χ1) is 9.22. The van der Waals surface area contributed by atoms with Crippen molar-refractivity contribution >= 4 is 6.01 Å². The van der Waals surface area contributed by atoms with Crippen LogP contribution < -0.4 is 10.1 Å². The molecule has 0 atom stereocenters. The summed E-state index contributed by atoms with van der Waals surface area (Å²) >= 11 is 0. The summed E-state index contributed by atoms with van der Waals surface area (Å²) in [6.45, 7) is 2.54. The van der Waals surface area contributed by atoms with Gasteiger partial charge < -0.3 is 19.6 Å². The lowest BCUT2D eigenvalue weighted by molar-refractivity contribution is 0.373. The highest BCUT2D eigenvalue weighted by atomic mass is 16.5. The number of aromatic hydroxyl groups is 1. The second-order valence-electron chi connectivity index (χ2n) is 4.11. The zero-order valence-electron chi connectivity index (χ0n) is 11.0. The smallest absolute Gasteiger partial charge is 0.315 e. The molecule has 6 heteroatoms. The zero-order valence-corrected chi connectivity index (χ0v) is 11.0. The number of anilines is 1. The standard InChI is InChI=1S/C13H17N3O3/c1-3-4-12-15-16-13(19-12)14-8-9-5-6-11(18-2)10(17)7-9/h5-7,17H,3-4,8H2,1-2H3,(H,14,16). The number of hydrogen-bond donors (Lipinski definition) is 2. The number of nitrogens with one attached hydrogen (secondary N) is 1. The first kappa shape index (κ1) is 13.2. The van der Waals surface area contributed by atoms with Gasteiger partial charge in [-0.1, -0.05) is 18.1 Å². The van der Waals surface area contributed by atoms with Crippen molar-refractivity contribution in [2.75, 3.05) is 12.4 Å². The Labute approximate surface area is 111 Å². The maximum absolute atomic E-state index is 9.66. The van der Waals surface area contributed by atoms with Crippen LogP contribution in [0, 0.1) is 0 Å². The Morgan fingerprint density at radius 1 is 1.37 bits per heavy atom. The number of benzene rings is 1. The topological polar surface area (TPSA) is 80.4 Å². The van der Waals surface area contributed by atoms with Crippen LogP contribution >= 0.6 is 0 Å². The van der Waals surface area contributed by atoms with Crippen molar-refractivity contribution in [3.05, 3.63) is 29.7 Å². The van der Waals surface area contributed by atoms with Crippen LogP contribution in [0.15, 0.2) is 22.6 Å². The molecule has 0 aliphatic carbocycles. The van der Waals surface area contributed by atoms with E-state index in [9.17, 15) is 5.11 Å². The Bertz CT molecular complexity index is 540. The minimum Gasteiger partial charge on any atom is -0.504 e. The highest BCUT2D eigenvalue weighted by Gasteiger charge is 2.06. The fourth-order valence-corrected chi connectivity index (χ4v) is 1.66. The summed E-state index contributed by atoms with van der Waals surface area (Å²) in [5, 5.41) is 20.5. The molecule has 1 heterocycles. The van der Waals surface area contributed by atoms with Gasteiger partial charge in [-0.25, -0.2) is 0 Å². The minimum absolute atomic E-state index is 0.110. The number of phenols is 1. The SMILES string of the molecule is CCCc1nnc(NCc2ccc(OC)c(O)c2)o1. The number of phenolic OH excluding ortho intramolecular Hbond substituents is 1. The largest absolute Gasteiger partial charge is 0.504 e. The number of methoxy groups -OCH3 is 1. The highest BCUT2D eigenvalue weighted by molar-refractivity contribution is 5.42. The normalized spacial score (nSPS) is 10.4. The third-order valence-electron chi connectivity index (χ3n) is 2.62. The molecular formula is C13H17N3O3. The van der Waals surface area contributed by atoms with Gasteiger partial charge in [0.15, 0.2) is 11.5 Å². The summed E-state index contributed by atoms with van der Waals surface area (Å²) in [5.41, 5.74) is 0.897. The Kier molecular flexibility index (Phi) is 4.22. The van der Waals surface area contributed by atoms with Crippen molar-refractivity contribution in [2.45, 2.75) is 26.3 Å². The molecule has 2 rings (SSSR count). The lowest BCUT2D eigenvalue weighted by Gasteiger charge is -2.06. The summed E-state index contributed by atoms with van der Waals surface area (Å²) in [6.07, 6.45) is 1.74. The highest BCUT2D eigenvalue weighted by Crippen LogP contribution is 2.26. The monoisotopic (exact) mass is 263 g/mol. The van der Waals surface area contributed by atoms with Crippen LogP contribution in [0.25, 0.3) is 0 Å². The number of hydrogen-bond acceptors (Lipinski definition) is 6. The molecule has 19 heavy (non-hydrogen) atoms. The second-order valence-corrected chi connectivity index (χ2v) is 4.11. The van der Waals surface area contributed by atoms with Crippen molar-refractivity contribution in [2.24, 2.45) is 0 Å². The van der Waals surface area contributed by atoms with Crippen LogP contribution in [-0.4, -0.2) is 22.4 Å². The molecule has 6 nitrogen and oxygen atoms in total. The molecule has 0 unspecified atom stereocenters. The number of ether oxygens (including phenoxy) is 1. The van der Waals surface area contributed by atoms with Crippen LogP contribution in [0.3, 0.4) is 0 Å². The van der Waals surface area contributed by atoms with Gasteiger partial charge in [-0.05, 0) is 24.1 Å². The molecule has 0 fully saturated rings. The van der Waals surface area contributed by atoms with E-state index >= 15 is 0 Å². The van der Waals surface area contributed by atoms with Crippen molar-refractivity contribution in [1.29, 1.82) is 0 Å². The summed E-state index contributed by atoms with van der Waals surface area (Å²) in [5.74, 6) is 1.19. The number of nitrogens with zero attached hydrogens (tertiary/aromatic N) is 2. The summed E-state index contributed by atoms with van der Waals surface area (Å²) < 4.78 is 10.4. The molecule has 2 N–H and O–H groups in total. The van der Waals surface area contributed by atoms with E-state index < -0.39 is 0 Å². The van der Waals surface area contributed by atoms with Crippen LogP contribution in [0.1, 0.15) is 24.8 Å². The molecule has 0 amide bonds. The quantitative estimate of drug-likeness (QED) is 0.832. The lowest BCUT2D eigenvalue weighted by Crippen LogP contribution is -1.99. The molecule has 1 aromatic heterocycles. The Balaban J connectivity index is 1.95. The summed E-state index contributed by atoms with van der Waals surface area (Å²) in [6, 6.07) is 5.59. The average molecular weight is 263 g/mol. The van der Waals surface area contributed by atoms with Gasteiger partial charge in [-0.3, -0.25) is 0 Å². The molecule has 2 aromatic rings. The number of aryl methyl sites for hydroxylation is 1. The molecule has 0 bridgehead atoms. The molecule has 0 saturated heterocycles. The van der Waals surface area contributed by atoms with E-state index in [0.717, 1.165) is 18.4 Å². The van der Waals surface area contributed by atoms with Crippen molar-refractivity contribution in [3.8, 4) is 11.5 Å². The maximum Gasteiger partial charge on any atom is 0.315 e. The molecule has 0 aliphatic heterocycles. The Hall–Kier alpha value is -2.24. The van der Waals surface area contributed by atoms with Crippen molar-refractivity contribution < 1.29 is 14.3 Å². The van der Waals surface area contributed by atoms with Gasteiger partial charge in [0.1, 0.15) is 0 Å². The van der Waals surface area contributed by atoms with Crippen molar-refractivity contribution in [3.63, 3.8) is 0 Å². The van der Waals surface area contributed by atoms with Crippen LogP contribution in [0.5, 0.6) is 11.5 Å². The van der Waals surface area contributed by atoms with Crippen molar-refractivity contribution in [1.82, 2.24) is 10.2 Å². The Morgan fingerprint density at radius 2 is 2.21 bits per heavy atom. The molecule has 0 aliphatic rings. The maximum atomic E-state index is 9.66. The van der Waals surface area contributed by atoms with E-state index in [-0.39, 0.29) is 5.75 Å². The lowest BCUT2D eigenvalue weighted by atomic mass is 10.2. The van der Waals surface area contributed by atoms with E-state index in [4.69, 9.17) is 9.15 Å². The minimum atomic E-state index is 0.110. The Morgan fingerprint density at radius 3 is 2.89 bits per heavy atom. The predicted molar refractivity (Wildman–Crippen MR) is 70.3 cm³/mol.